The summed E-state index contributed by atoms with van der Waals surface area (Å²) in [5.74, 6) is -0.218. The summed E-state index contributed by atoms with van der Waals surface area (Å²) in [6.45, 7) is 0.386. The third kappa shape index (κ3) is 4.36. The van der Waals surface area contributed by atoms with E-state index < -0.39 is 0 Å². The monoisotopic (exact) mass is 327 g/mol. The first-order chi connectivity index (χ1) is 10.1. The van der Waals surface area contributed by atoms with Crippen molar-refractivity contribution >= 4 is 40.6 Å². The molecule has 0 aliphatic carbocycles. The smallest absolute Gasteiger partial charge is 0.288 e. The summed E-state index contributed by atoms with van der Waals surface area (Å²) in [4.78, 5) is 35.4. The van der Waals surface area contributed by atoms with Gasteiger partial charge in [-0.25, -0.2) is 0 Å². The Morgan fingerprint density at radius 1 is 1.48 bits per heavy atom. The van der Waals surface area contributed by atoms with E-state index in [2.05, 4.69) is 5.32 Å². The first kappa shape index (κ1) is 15.6. The number of imide groups is 1. The zero-order chi connectivity index (χ0) is 15.2. The molecule has 9 heteroatoms. The molecular weight excluding hydrogens is 314 g/mol. The molecule has 0 spiro atoms. The van der Waals surface area contributed by atoms with E-state index in [0.717, 1.165) is 28.4 Å². The Hall–Kier alpha value is -1.74. The maximum atomic E-state index is 11.6. The molecule has 1 aromatic heterocycles. The van der Waals surface area contributed by atoms with Gasteiger partial charge in [-0.1, -0.05) is 11.8 Å². The predicted octanol–water partition coefficient (Wildman–Crippen LogP) is 0.224. The third-order valence-electron chi connectivity index (χ3n) is 2.64. The van der Waals surface area contributed by atoms with Crippen LogP contribution in [-0.2, 0) is 9.59 Å². The summed E-state index contributed by atoms with van der Waals surface area (Å²) in [5.41, 5.74) is 0. The zero-order valence-corrected chi connectivity index (χ0v) is 12.6. The van der Waals surface area contributed by atoms with Crippen molar-refractivity contribution in [3.8, 4) is 0 Å². The minimum absolute atomic E-state index is 0.100. The van der Waals surface area contributed by atoms with Crippen LogP contribution in [0.15, 0.2) is 29.4 Å². The molecule has 7 nitrogen and oxygen atoms in total. The number of amides is 3. The number of hydrogen-bond donors (Lipinski definition) is 1. The number of nitrogens with one attached hydrogen (secondary N) is 1. The Balaban J connectivity index is 1.69. The highest BCUT2D eigenvalue weighted by Crippen LogP contribution is 2.17. The molecule has 1 aliphatic rings. The fourth-order valence-electron chi connectivity index (χ4n) is 1.62. The second kappa shape index (κ2) is 7.32. The van der Waals surface area contributed by atoms with E-state index in [1.807, 2.05) is 0 Å². The van der Waals surface area contributed by atoms with Gasteiger partial charge in [-0.05, 0) is 17.8 Å². The number of carbonyl (C=O) groups excluding carboxylic acids is 3. The Labute approximate surface area is 129 Å². The Bertz CT molecular complexity index is 551. The van der Waals surface area contributed by atoms with Crippen molar-refractivity contribution < 1.29 is 19.1 Å². The SMILES string of the molecule is O=C(CSc1cccc[n+]1[O-])NCCN1C(=O)CSC1=O. The van der Waals surface area contributed by atoms with Crippen molar-refractivity contribution in [2.24, 2.45) is 0 Å². The lowest BCUT2D eigenvalue weighted by atomic mass is 10.5. The van der Waals surface area contributed by atoms with Crippen LogP contribution in [0.4, 0.5) is 4.79 Å². The third-order valence-corrected chi connectivity index (χ3v) is 4.51. The van der Waals surface area contributed by atoms with E-state index in [-0.39, 0.29) is 41.6 Å². The number of rotatable bonds is 6. The van der Waals surface area contributed by atoms with Crippen LogP contribution in [-0.4, -0.2) is 46.5 Å². The van der Waals surface area contributed by atoms with Crippen LogP contribution >= 0.6 is 23.5 Å². The fourth-order valence-corrected chi connectivity index (χ4v) is 3.11. The number of pyridine rings is 1. The first-order valence-corrected chi connectivity index (χ1v) is 8.10. The van der Waals surface area contributed by atoms with Crippen LogP contribution in [0.1, 0.15) is 0 Å². The minimum atomic E-state index is -0.277. The summed E-state index contributed by atoms with van der Waals surface area (Å²) in [6, 6.07) is 4.96. The highest BCUT2D eigenvalue weighted by molar-refractivity contribution is 8.14. The molecule has 3 amide bonds. The molecule has 112 valence electrons. The molecule has 1 N–H and O–H groups in total. The molecule has 2 heterocycles. The minimum Gasteiger partial charge on any atom is -0.618 e. The lowest BCUT2D eigenvalue weighted by Crippen LogP contribution is -2.38. The van der Waals surface area contributed by atoms with Crippen LogP contribution in [0.3, 0.4) is 0 Å². The maximum Gasteiger partial charge on any atom is 0.288 e. The van der Waals surface area contributed by atoms with E-state index in [1.54, 1.807) is 18.2 Å². The van der Waals surface area contributed by atoms with Gasteiger partial charge in [0.25, 0.3) is 10.3 Å². The molecule has 0 atom stereocenters. The van der Waals surface area contributed by atoms with Crippen molar-refractivity contribution in [2.45, 2.75) is 5.03 Å². The summed E-state index contributed by atoms with van der Waals surface area (Å²) in [6.07, 6.45) is 1.36. The maximum absolute atomic E-state index is 11.6. The normalized spacial score (nSPS) is 14.6. The van der Waals surface area contributed by atoms with Crippen molar-refractivity contribution in [2.75, 3.05) is 24.6 Å². The van der Waals surface area contributed by atoms with Crippen molar-refractivity contribution in [1.82, 2.24) is 10.2 Å². The average molecular weight is 327 g/mol. The van der Waals surface area contributed by atoms with Crippen molar-refractivity contribution in [3.05, 3.63) is 29.6 Å². The molecule has 21 heavy (non-hydrogen) atoms. The van der Waals surface area contributed by atoms with Gasteiger partial charge < -0.3 is 10.5 Å². The molecule has 0 saturated carbocycles. The van der Waals surface area contributed by atoms with Gasteiger partial charge in [0.1, 0.15) is 0 Å². The van der Waals surface area contributed by atoms with Crippen LogP contribution in [0.25, 0.3) is 0 Å². The van der Waals surface area contributed by atoms with E-state index in [0.29, 0.717) is 9.76 Å². The van der Waals surface area contributed by atoms with Crippen LogP contribution in [0, 0.1) is 5.21 Å². The van der Waals surface area contributed by atoms with Gasteiger partial charge in [-0.15, -0.1) is 0 Å². The molecule has 0 radical (unpaired) electrons. The van der Waals surface area contributed by atoms with Gasteiger partial charge in [0.15, 0.2) is 6.20 Å². The zero-order valence-electron chi connectivity index (χ0n) is 11.0. The Kier molecular flexibility index (Phi) is 5.45. The molecule has 2 rings (SSSR count). The largest absolute Gasteiger partial charge is 0.618 e. The lowest BCUT2D eigenvalue weighted by Gasteiger charge is -2.12. The summed E-state index contributed by atoms with van der Waals surface area (Å²) >= 11 is 2.09. The van der Waals surface area contributed by atoms with Crippen molar-refractivity contribution in [1.29, 1.82) is 0 Å². The van der Waals surface area contributed by atoms with E-state index >= 15 is 0 Å². The van der Waals surface area contributed by atoms with Gasteiger partial charge in [0.2, 0.25) is 11.8 Å². The first-order valence-electron chi connectivity index (χ1n) is 6.13. The van der Waals surface area contributed by atoms with Crippen molar-refractivity contribution in [3.63, 3.8) is 0 Å². The second-order valence-corrected chi connectivity index (χ2v) is 6.03. The highest BCUT2D eigenvalue weighted by Gasteiger charge is 2.29. The summed E-state index contributed by atoms with van der Waals surface area (Å²) in [5, 5.41) is 14.1. The molecule has 1 aromatic rings. The van der Waals surface area contributed by atoms with Gasteiger partial charge >= 0.3 is 0 Å². The highest BCUT2D eigenvalue weighted by atomic mass is 32.2. The number of hydrogen-bond acceptors (Lipinski definition) is 6. The van der Waals surface area contributed by atoms with E-state index in [4.69, 9.17) is 0 Å². The van der Waals surface area contributed by atoms with Gasteiger partial charge in [-0.3, -0.25) is 19.3 Å². The van der Waals surface area contributed by atoms with Crippen LogP contribution in [0.2, 0.25) is 0 Å². The number of nitrogens with zero attached hydrogens (tertiary/aromatic N) is 2. The topological polar surface area (TPSA) is 93.4 Å². The Morgan fingerprint density at radius 2 is 2.29 bits per heavy atom. The fraction of sp³-hybridized carbons (Fsp3) is 0.333. The van der Waals surface area contributed by atoms with Gasteiger partial charge in [0.05, 0.1) is 11.5 Å². The second-order valence-electron chi connectivity index (χ2n) is 4.10. The molecule has 1 saturated heterocycles. The Morgan fingerprint density at radius 3 is 2.95 bits per heavy atom. The molecule has 0 unspecified atom stereocenters. The molecule has 1 aliphatic heterocycles. The molecule has 1 fully saturated rings. The van der Waals surface area contributed by atoms with Gasteiger partial charge in [0, 0.05) is 25.2 Å². The van der Waals surface area contributed by atoms with Gasteiger partial charge in [-0.2, -0.15) is 4.73 Å². The number of aromatic nitrogens is 1. The standard InChI is InChI=1S/C12H13N3O4S2/c16-9(7-20-11-3-1-2-5-15(11)19)13-4-6-14-10(17)8-21-12(14)18/h1-3,5H,4,6-8H2,(H,13,16). The summed E-state index contributed by atoms with van der Waals surface area (Å²) in [7, 11) is 0. The predicted molar refractivity (Wildman–Crippen MR) is 78.7 cm³/mol. The van der Waals surface area contributed by atoms with E-state index in [1.165, 1.54) is 6.20 Å². The summed E-state index contributed by atoms with van der Waals surface area (Å²) < 4.78 is 0.691. The molecular formula is C12H13N3O4S2. The average Bonchev–Trinajstić information content (AvgIpc) is 2.78. The lowest BCUT2D eigenvalue weighted by molar-refractivity contribution is -0.645. The van der Waals surface area contributed by atoms with E-state index in [9.17, 15) is 19.6 Å². The quantitative estimate of drug-likeness (QED) is 0.456. The van der Waals surface area contributed by atoms with Crippen LogP contribution < -0.4 is 10.0 Å². The van der Waals surface area contributed by atoms with Crippen LogP contribution in [0.5, 0.6) is 0 Å². The number of carbonyl (C=O) groups is 3. The number of thioether (sulfide) groups is 2. The molecule has 0 bridgehead atoms. The molecule has 0 aromatic carbocycles.